The molecule has 192 valence electrons. The molecule has 8 rings (SSSR count). The summed E-state index contributed by atoms with van der Waals surface area (Å²) in [6.07, 6.45) is 14.6. The van der Waals surface area contributed by atoms with E-state index in [-0.39, 0.29) is 24.8 Å². The zero-order chi connectivity index (χ0) is 24.3. The number of fused-ring (bicyclic) bond motifs is 5. The van der Waals surface area contributed by atoms with Crippen LogP contribution in [0.1, 0.15) is 56.0 Å². The summed E-state index contributed by atoms with van der Waals surface area (Å²) >= 11 is -1.07. The fourth-order valence-electron chi connectivity index (χ4n) is 6.88. The van der Waals surface area contributed by atoms with Gasteiger partial charge < -0.3 is 24.8 Å². The summed E-state index contributed by atoms with van der Waals surface area (Å²) in [6.45, 7) is 0. The van der Waals surface area contributed by atoms with E-state index < -0.39 is 23.2 Å². The fourth-order valence-corrected chi connectivity index (χ4v) is 11.3. The Morgan fingerprint density at radius 3 is 2.15 bits per heavy atom. The molecular formula is C34H28Cl2N2Zr. The van der Waals surface area contributed by atoms with Gasteiger partial charge in [0.1, 0.15) is 0 Å². The van der Waals surface area contributed by atoms with Gasteiger partial charge in [-0.2, -0.15) is 0 Å². The van der Waals surface area contributed by atoms with Crippen molar-refractivity contribution in [2.75, 3.05) is 0 Å². The van der Waals surface area contributed by atoms with E-state index >= 15 is 0 Å². The third-order valence-electron chi connectivity index (χ3n) is 8.48. The molecule has 3 aliphatic rings. The van der Waals surface area contributed by atoms with Crippen LogP contribution < -0.4 is 24.8 Å². The van der Waals surface area contributed by atoms with Crippen molar-refractivity contribution in [2.24, 2.45) is 0 Å². The molecule has 5 aromatic rings. The first-order valence-corrected chi connectivity index (χ1v) is 16.1. The Hall–Kier alpha value is -2.58. The van der Waals surface area contributed by atoms with Gasteiger partial charge in [0.2, 0.25) is 0 Å². The zero-order valence-corrected chi connectivity index (χ0v) is 25.5. The number of nitrogens with zero attached hydrogens (tertiary/aromatic N) is 2. The van der Waals surface area contributed by atoms with Crippen LogP contribution in [-0.4, -0.2) is 9.13 Å². The SMILES string of the molecule is C1=[C]([Zr+2][CH]2C(n3c4c(c5ccccc53)CCCC4)=Cc3ccccc32)C(n2cccc2)c2ccccc21.[Cl-].[Cl-]. The maximum Gasteiger partial charge on any atom is -1.00 e. The summed E-state index contributed by atoms with van der Waals surface area (Å²) in [6, 6.07) is 32.0. The van der Waals surface area contributed by atoms with Crippen LogP contribution in [-0.2, 0) is 36.1 Å². The Morgan fingerprint density at radius 2 is 1.33 bits per heavy atom. The number of para-hydroxylation sites is 1. The molecule has 39 heavy (non-hydrogen) atoms. The van der Waals surface area contributed by atoms with E-state index in [1.165, 1.54) is 64.5 Å². The number of hydrogen-bond acceptors (Lipinski definition) is 0. The number of aryl methyl sites for hydroxylation is 1. The summed E-state index contributed by atoms with van der Waals surface area (Å²) in [5.41, 5.74) is 11.9. The van der Waals surface area contributed by atoms with Crippen molar-refractivity contribution >= 4 is 28.8 Å². The quantitative estimate of drug-likeness (QED) is 0.290. The van der Waals surface area contributed by atoms with E-state index in [2.05, 4.69) is 119 Å². The van der Waals surface area contributed by atoms with E-state index in [4.69, 9.17) is 0 Å². The van der Waals surface area contributed by atoms with Crippen molar-refractivity contribution in [3.63, 3.8) is 0 Å². The summed E-state index contributed by atoms with van der Waals surface area (Å²) in [5, 5.41) is 1.47. The molecule has 2 heterocycles. The van der Waals surface area contributed by atoms with Crippen LogP contribution in [0.2, 0.25) is 0 Å². The number of allylic oxidation sites excluding steroid dienone is 2. The van der Waals surface area contributed by atoms with Crippen molar-refractivity contribution in [2.45, 2.75) is 35.4 Å². The van der Waals surface area contributed by atoms with Gasteiger partial charge in [0.25, 0.3) is 0 Å². The van der Waals surface area contributed by atoms with Crippen LogP contribution in [0.4, 0.5) is 0 Å². The third kappa shape index (κ3) is 4.26. The van der Waals surface area contributed by atoms with E-state index in [9.17, 15) is 0 Å². The molecule has 2 unspecified atom stereocenters. The molecule has 0 N–H and O–H groups in total. The number of halogens is 2. The molecule has 0 spiro atoms. The number of rotatable bonds is 4. The Kier molecular flexibility index (Phi) is 7.36. The molecule has 0 bridgehead atoms. The van der Waals surface area contributed by atoms with E-state index in [1.54, 1.807) is 14.5 Å². The predicted molar refractivity (Wildman–Crippen MR) is 149 cm³/mol. The fraction of sp³-hybridized carbons (Fsp3) is 0.176. The maximum absolute atomic E-state index is 2.70. The number of aromatic nitrogens is 2. The van der Waals surface area contributed by atoms with Gasteiger partial charge in [0.15, 0.2) is 0 Å². The van der Waals surface area contributed by atoms with Crippen molar-refractivity contribution < 1.29 is 48.0 Å². The summed E-state index contributed by atoms with van der Waals surface area (Å²) in [7, 11) is 0. The minimum atomic E-state index is -1.07. The first-order valence-electron chi connectivity index (χ1n) is 13.5. The Labute approximate surface area is 253 Å². The van der Waals surface area contributed by atoms with Gasteiger partial charge in [-0.1, -0.05) is 0 Å². The second-order valence-corrected chi connectivity index (χ2v) is 14.1. The summed E-state index contributed by atoms with van der Waals surface area (Å²) in [5.74, 6) is 0. The molecular weight excluding hydrogens is 599 g/mol. The minimum absolute atomic E-state index is 0. The van der Waals surface area contributed by atoms with Gasteiger partial charge in [-0.15, -0.1) is 0 Å². The number of hydrogen-bond donors (Lipinski definition) is 0. The summed E-state index contributed by atoms with van der Waals surface area (Å²) < 4.78 is 7.29. The molecule has 2 aromatic heterocycles. The smallest absolute Gasteiger partial charge is 1.00 e. The molecule has 0 amide bonds. The first-order chi connectivity index (χ1) is 18.4. The monoisotopic (exact) mass is 624 g/mol. The van der Waals surface area contributed by atoms with Gasteiger partial charge in [-0.3, -0.25) is 0 Å². The molecule has 0 saturated heterocycles. The molecule has 3 aromatic carbocycles. The Bertz CT molecular complexity index is 1730. The molecule has 0 fully saturated rings. The van der Waals surface area contributed by atoms with Gasteiger partial charge in [0.05, 0.1) is 0 Å². The van der Waals surface area contributed by atoms with Gasteiger partial charge >= 0.3 is 231 Å². The van der Waals surface area contributed by atoms with E-state index in [0.29, 0.717) is 9.67 Å². The van der Waals surface area contributed by atoms with Crippen molar-refractivity contribution in [1.82, 2.24) is 9.13 Å². The van der Waals surface area contributed by atoms with Gasteiger partial charge in [-0.25, -0.2) is 0 Å². The van der Waals surface area contributed by atoms with Crippen LogP contribution in [0, 0.1) is 0 Å². The Morgan fingerprint density at radius 1 is 0.667 bits per heavy atom. The average Bonchev–Trinajstić information content (AvgIpc) is 3.72. The largest absolute Gasteiger partial charge is 1.00 e. The molecule has 3 aliphatic carbocycles. The van der Waals surface area contributed by atoms with Crippen LogP contribution in [0.3, 0.4) is 0 Å². The molecule has 2 atom stereocenters. The van der Waals surface area contributed by atoms with Crippen molar-refractivity contribution in [1.29, 1.82) is 0 Å². The summed E-state index contributed by atoms with van der Waals surface area (Å²) in [4.78, 5) is 0. The van der Waals surface area contributed by atoms with Crippen LogP contribution in [0.25, 0.3) is 28.8 Å². The van der Waals surface area contributed by atoms with E-state index in [0.717, 1.165) is 0 Å². The molecule has 0 saturated carbocycles. The Balaban J connectivity index is 0.00000138. The van der Waals surface area contributed by atoms with Crippen LogP contribution in [0.5, 0.6) is 0 Å². The second-order valence-electron chi connectivity index (χ2n) is 10.5. The predicted octanol–water partition coefficient (Wildman–Crippen LogP) is 2.11. The molecule has 2 nitrogen and oxygen atoms in total. The minimum Gasteiger partial charge on any atom is -1.00 e. The van der Waals surface area contributed by atoms with Gasteiger partial charge in [0, 0.05) is 0 Å². The average molecular weight is 627 g/mol. The molecule has 5 heteroatoms. The standard InChI is InChI=1S/C21H18N.C13H10N.2ClH.Zr/c1-2-8-16-14-17(13-15(16)7-1)22-20-11-5-3-9-18(20)19-10-4-6-12-21(19)22;1-2-6-12-11(5-1)7-8-13(12)14-9-3-4-10-14;;;/h1-3,5,7-9,11,13-14H,4,6,10,12H2;1-7,9-10,13H;2*1H;/q;;;;+2/p-2. The zero-order valence-electron chi connectivity index (χ0n) is 21.5. The van der Waals surface area contributed by atoms with Crippen molar-refractivity contribution in [3.05, 3.63) is 134 Å². The van der Waals surface area contributed by atoms with E-state index in [1.807, 2.05) is 0 Å². The molecule has 0 aliphatic heterocycles. The number of benzene rings is 3. The van der Waals surface area contributed by atoms with Gasteiger partial charge in [-0.05, 0) is 0 Å². The van der Waals surface area contributed by atoms with Crippen LogP contribution in [0.15, 0.2) is 101 Å². The van der Waals surface area contributed by atoms with Crippen LogP contribution >= 0.6 is 0 Å². The van der Waals surface area contributed by atoms with Crippen molar-refractivity contribution in [3.8, 4) is 0 Å². The second kappa shape index (κ2) is 10.8. The maximum atomic E-state index is 2.70. The topological polar surface area (TPSA) is 9.86 Å². The molecule has 0 radical (unpaired) electrons. The third-order valence-corrected chi connectivity index (χ3v) is 12.5. The normalized spacial score (nSPS) is 18.7. The first kappa shape index (κ1) is 26.6.